The lowest BCUT2D eigenvalue weighted by atomic mass is 10.1. The van der Waals surface area contributed by atoms with Gasteiger partial charge in [0.2, 0.25) is 5.91 Å². The number of phenolic OH excluding ortho intramolecular Hbond substituents is 1. The number of hydrogen-bond acceptors (Lipinski definition) is 4. The molecular weight excluding hydrogens is 316 g/mol. The molecule has 1 saturated heterocycles. The molecule has 1 atom stereocenters. The minimum Gasteiger partial charge on any atom is -0.508 e. The van der Waals surface area contributed by atoms with Gasteiger partial charge in [-0.15, -0.1) is 0 Å². The molecule has 1 aliphatic rings. The summed E-state index contributed by atoms with van der Waals surface area (Å²) in [6.07, 6.45) is 2.06. The number of hydrogen-bond donors (Lipinski definition) is 2. The van der Waals surface area contributed by atoms with Crippen molar-refractivity contribution in [2.24, 2.45) is 0 Å². The van der Waals surface area contributed by atoms with Crippen molar-refractivity contribution in [2.75, 3.05) is 25.1 Å². The van der Waals surface area contributed by atoms with Gasteiger partial charge >= 0.3 is 0 Å². The number of aromatic hydroxyl groups is 1. The fraction of sp³-hybridized carbons (Fsp3) is 0.350. The second-order valence-electron chi connectivity index (χ2n) is 6.34. The van der Waals surface area contributed by atoms with E-state index in [1.165, 1.54) is 0 Å². The van der Waals surface area contributed by atoms with Crippen molar-refractivity contribution in [2.45, 2.75) is 25.3 Å². The number of anilines is 1. The number of ether oxygens (including phenoxy) is 1. The van der Waals surface area contributed by atoms with Gasteiger partial charge in [-0.3, -0.25) is 4.79 Å². The van der Waals surface area contributed by atoms with Crippen LogP contribution in [0.25, 0.3) is 0 Å². The summed E-state index contributed by atoms with van der Waals surface area (Å²) in [6, 6.07) is 15.1. The summed E-state index contributed by atoms with van der Waals surface area (Å²) in [7, 11) is 1.68. The van der Waals surface area contributed by atoms with Crippen LogP contribution in [0.5, 0.6) is 11.5 Å². The number of amides is 1. The van der Waals surface area contributed by atoms with Crippen LogP contribution in [0.15, 0.2) is 48.5 Å². The third-order valence-electron chi connectivity index (χ3n) is 4.56. The Kier molecular flexibility index (Phi) is 5.43. The summed E-state index contributed by atoms with van der Waals surface area (Å²) in [5, 5.41) is 12.4. The number of para-hydroxylation sites is 2. The Labute approximate surface area is 148 Å². The van der Waals surface area contributed by atoms with E-state index >= 15 is 0 Å². The minimum absolute atomic E-state index is 0.0694. The molecule has 2 aromatic rings. The quantitative estimate of drug-likeness (QED) is 0.849. The lowest BCUT2D eigenvalue weighted by Crippen LogP contribution is -2.37. The lowest BCUT2D eigenvalue weighted by molar-refractivity contribution is -0.121. The molecule has 3 rings (SSSR count). The maximum atomic E-state index is 12.2. The molecule has 0 aliphatic carbocycles. The summed E-state index contributed by atoms with van der Waals surface area (Å²) >= 11 is 0. The van der Waals surface area contributed by atoms with E-state index in [0.717, 1.165) is 36.5 Å². The van der Waals surface area contributed by atoms with Gasteiger partial charge in [0.15, 0.2) is 0 Å². The summed E-state index contributed by atoms with van der Waals surface area (Å²) < 4.78 is 5.42. The zero-order valence-corrected chi connectivity index (χ0v) is 14.4. The SMILES string of the molecule is COc1ccccc1N1CCC(NC(=O)CCc2ccc(O)cc2)C1. The van der Waals surface area contributed by atoms with Crippen LogP contribution in [-0.2, 0) is 11.2 Å². The van der Waals surface area contributed by atoms with Gasteiger partial charge in [-0.05, 0) is 42.7 Å². The molecule has 132 valence electrons. The molecule has 1 amide bonds. The Morgan fingerprint density at radius 1 is 1.24 bits per heavy atom. The summed E-state index contributed by atoms with van der Waals surface area (Å²) in [5.41, 5.74) is 2.13. The first-order chi connectivity index (χ1) is 12.2. The number of methoxy groups -OCH3 is 1. The van der Waals surface area contributed by atoms with Gasteiger partial charge < -0.3 is 20.1 Å². The fourth-order valence-electron chi connectivity index (χ4n) is 3.21. The van der Waals surface area contributed by atoms with E-state index in [4.69, 9.17) is 4.74 Å². The van der Waals surface area contributed by atoms with Gasteiger partial charge in [0, 0.05) is 25.6 Å². The Bertz CT molecular complexity index is 715. The van der Waals surface area contributed by atoms with Crippen LogP contribution < -0.4 is 15.0 Å². The molecule has 25 heavy (non-hydrogen) atoms. The Hall–Kier alpha value is -2.69. The molecule has 1 fully saturated rings. The molecule has 1 heterocycles. The molecule has 1 aliphatic heterocycles. The van der Waals surface area contributed by atoms with Crippen LogP contribution in [0, 0.1) is 0 Å². The predicted molar refractivity (Wildman–Crippen MR) is 98.2 cm³/mol. The molecule has 5 nitrogen and oxygen atoms in total. The fourth-order valence-corrected chi connectivity index (χ4v) is 3.21. The van der Waals surface area contributed by atoms with Gasteiger partial charge in [-0.1, -0.05) is 24.3 Å². The highest BCUT2D eigenvalue weighted by Crippen LogP contribution is 2.30. The monoisotopic (exact) mass is 340 g/mol. The first-order valence-corrected chi connectivity index (χ1v) is 8.61. The number of rotatable bonds is 6. The Balaban J connectivity index is 1.49. The van der Waals surface area contributed by atoms with Crippen molar-refractivity contribution in [1.29, 1.82) is 0 Å². The number of benzene rings is 2. The van der Waals surface area contributed by atoms with E-state index in [1.54, 1.807) is 19.2 Å². The van der Waals surface area contributed by atoms with Crippen LogP contribution in [0.1, 0.15) is 18.4 Å². The number of nitrogens with zero attached hydrogens (tertiary/aromatic N) is 1. The third-order valence-corrected chi connectivity index (χ3v) is 4.56. The number of nitrogens with one attached hydrogen (secondary N) is 1. The van der Waals surface area contributed by atoms with Gasteiger partial charge in [0.05, 0.1) is 12.8 Å². The molecule has 1 unspecified atom stereocenters. The molecule has 0 spiro atoms. The minimum atomic E-state index is 0.0694. The highest BCUT2D eigenvalue weighted by molar-refractivity contribution is 5.76. The third kappa shape index (κ3) is 4.44. The summed E-state index contributed by atoms with van der Waals surface area (Å²) in [5.74, 6) is 1.18. The van der Waals surface area contributed by atoms with Gasteiger partial charge in [0.25, 0.3) is 0 Å². The first-order valence-electron chi connectivity index (χ1n) is 8.61. The molecule has 5 heteroatoms. The van der Waals surface area contributed by atoms with Crippen molar-refractivity contribution >= 4 is 11.6 Å². The van der Waals surface area contributed by atoms with Crippen LogP contribution in [0.3, 0.4) is 0 Å². The Morgan fingerprint density at radius 3 is 2.76 bits per heavy atom. The summed E-state index contributed by atoms with van der Waals surface area (Å²) in [6.45, 7) is 1.70. The van der Waals surface area contributed by atoms with E-state index in [0.29, 0.717) is 12.8 Å². The molecule has 0 saturated carbocycles. The average Bonchev–Trinajstić information content (AvgIpc) is 3.09. The number of phenols is 1. The number of carbonyl (C=O) groups is 1. The van der Waals surface area contributed by atoms with Crippen molar-refractivity contribution in [3.05, 3.63) is 54.1 Å². The van der Waals surface area contributed by atoms with Gasteiger partial charge in [-0.2, -0.15) is 0 Å². The van der Waals surface area contributed by atoms with E-state index < -0.39 is 0 Å². The van der Waals surface area contributed by atoms with Crippen LogP contribution >= 0.6 is 0 Å². The van der Waals surface area contributed by atoms with E-state index in [-0.39, 0.29) is 17.7 Å². The molecule has 0 bridgehead atoms. The number of carbonyl (C=O) groups excluding carboxylic acids is 1. The van der Waals surface area contributed by atoms with Crippen molar-refractivity contribution in [3.63, 3.8) is 0 Å². The van der Waals surface area contributed by atoms with Crippen molar-refractivity contribution < 1.29 is 14.6 Å². The largest absolute Gasteiger partial charge is 0.508 e. The maximum absolute atomic E-state index is 12.2. The van der Waals surface area contributed by atoms with Crippen molar-refractivity contribution in [3.8, 4) is 11.5 Å². The normalized spacial score (nSPS) is 16.7. The van der Waals surface area contributed by atoms with Gasteiger partial charge in [-0.25, -0.2) is 0 Å². The second-order valence-corrected chi connectivity index (χ2v) is 6.34. The van der Waals surface area contributed by atoms with Gasteiger partial charge in [0.1, 0.15) is 11.5 Å². The molecule has 0 aromatic heterocycles. The highest BCUT2D eigenvalue weighted by atomic mass is 16.5. The van der Waals surface area contributed by atoms with Crippen LogP contribution in [-0.4, -0.2) is 37.3 Å². The first kappa shape index (κ1) is 17.1. The van der Waals surface area contributed by atoms with Crippen LogP contribution in [0.2, 0.25) is 0 Å². The van der Waals surface area contributed by atoms with E-state index in [9.17, 15) is 9.90 Å². The standard InChI is InChI=1S/C20H24N2O3/c1-25-19-5-3-2-4-18(19)22-13-12-16(14-22)21-20(24)11-8-15-6-9-17(23)10-7-15/h2-7,9-10,16,23H,8,11-14H2,1H3,(H,21,24). The zero-order valence-electron chi connectivity index (χ0n) is 14.4. The molecule has 2 N–H and O–H groups in total. The smallest absolute Gasteiger partial charge is 0.220 e. The summed E-state index contributed by atoms with van der Waals surface area (Å²) in [4.78, 5) is 14.5. The Morgan fingerprint density at radius 2 is 2.00 bits per heavy atom. The van der Waals surface area contributed by atoms with Crippen molar-refractivity contribution in [1.82, 2.24) is 5.32 Å². The second kappa shape index (κ2) is 7.92. The average molecular weight is 340 g/mol. The van der Waals surface area contributed by atoms with E-state index in [2.05, 4.69) is 10.2 Å². The molecule has 2 aromatic carbocycles. The number of aryl methyl sites for hydroxylation is 1. The molecule has 0 radical (unpaired) electrons. The van der Waals surface area contributed by atoms with Crippen LogP contribution in [0.4, 0.5) is 5.69 Å². The maximum Gasteiger partial charge on any atom is 0.220 e. The molecular formula is C20H24N2O3. The highest BCUT2D eigenvalue weighted by Gasteiger charge is 2.25. The predicted octanol–water partition coefficient (Wildman–Crippen LogP) is 2.73. The lowest BCUT2D eigenvalue weighted by Gasteiger charge is -2.21. The zero-order chi connectivity index (χ0) is 17.6. The van der Waals surface area contributed by atoms with E-state index in [1.807, 2.05) is 36.4 Å². The topological polar surface area (TPSA) is 61.8 Å².